The van der Waals surface area contributed by atoms with Gasteiger partial charge in [0.2, 0.25) is 0 Å². The summed E-state index contributed by atoms with van der Waals surface area (Å²) < 4.78 is 6.24. The molecule has 0 radical (unpaired) electrons. The van der Waals surface area contributed by atoms with Gasteiger partial charge in [-0.05, 0) is 61.9 Å². The normalized spacial score (nSPS) is 27.0. The molecule has 28 heavy (non-hydrogen) atoms. The van der Waals surface area contributed by atoms with Gasteiger partial charge in [-0.25, -0.2) is 5.06 Å². The van der Waals surface area contributed by atoms with Crippen molar-refractivity contribution in [3.8, 4) is 0 Å². The van der Waals surface area contributed by atoms with Crippen LogP contribution >= 0.6 is 11.8 Å². The van der Waals surface area contributed by atoms with E-state index in [1.807, 2.05) is 13.8 Å². The van der Waals surface area contributed by atoms with Crippen molar-refractivity contribution in [3.63, 3.8) is 0 Å². The maximum Gasteiger partial charge on any atom is 0.251 e. The van der Waals surface area contributed by atoms with Crippen LogP contribution in [0.2, 0.25) is 0 Å². The van der Waals surface area contributed by atoms with E-state index in [1.54, 1.807) is 0 Å². The first-order valence-electron chi connectivity index (χ1n) is 11.2. The highest BCUT2D eigenvalue weighted by Crippen LogP contribution is 2.46. The number of ether oxygens (including phenoxy) is 1. The number of amides is 1. The third kappa shape index (κ3) is 6.77. The SMILES string of the molecule is CCCCCCSC[C@@H]1[C@H](C/C=C\CCC(C)(C)C(=O)N(C)O)[C@@H]2CC[C@H]1O2. The predicted octanol–water partition coefficient (Wildman–Crippen LogP) is 5.69. The summed E-state index contributed by atoms with van der Waals surface area (Å²) >= 11 is 2.13. The minimum Gasteiger partial charge on any atom is -0.374 e. The zero-order valence-electron chi connectivity index (χ0n) is 18.4. The summed E-state index contributed by atoms with van der Waals surface area (Å²) in [7, 11) is 1.40. The van der Waals surface area contributed by atoms with Gasteiger partial charge in [-0.15, -0.1) is 0 Å². The minimum absolute atomic E-state index is 0.224. The smallest absolute Gasteiger partial charge is 0.251 e. The molecular weight excluding hydrogens is 370 g/mol. The van der Waals surface area contributed by atoms with Crippen LogP contribution < -0.4 is 0 Å². The highest BCUT2D eigenvalue weighted by Gasteiger charge is 2.47. The van der Waals surface area contributed by atoms with Gasteiger partial charge in [-0.3, -0.25) is 10.0 Å². The molecule has 2 heterocycles. The van der Waals surface area contributed by atoms with Crippen LogP contribution in [0, 0.1) is 17.3 Å². The zero-order valence-corrected chi connectivity index (χ0v) is 19.2. The molecule has 0 aromatic carbocycles. The fourth-order valence-corrected chi connectivity index (χ4v) is 5.95. The molecule has 2 saturated heterocycles. The average Bonchev–Trinajstić information content (AvgIpc) is 3.25. The lowest BCUT2D eigenvalue weighted by molar-refractivity contribution is -0.169. The number of unbranched alkanes of at least 4 members (excludes halogenated alkanes) is 3. The number of carbonyl (C=O) groups excluding carboxylic acids is 1. The number of rotatable bonds is 13. The Bertz CT molecular complexity index is 506. The molecule has 0 aliphatic carbocycles. The Morgan fingerprint density at radius 3 is 2.57 bits per heavy atom. The second-order valence-electron chi connectivity index (χ2n) is 9.21. The molecule has 162 valence electrons. The lowest BCUT2D eigenvalue weighted by atomic mass is 9.78. The standard InChI is InChI=1S/C23H41NO3S/c1-5-6-7-11-16-28-17-19-18(20-13-14-21(19)27-20)12-9-8-10-15-23(2,3)22(25)24(4)26/h8-9,18-21,26H,5-7,10-17H2,1-4H3/b9-8-/t18-,19+,20-,21+/m0/s1. The van der Waals surface area contributed by atoms with Crippen molar-refractivity contribution < 1.29 is 14.7 Å². The quantitative estimate of drug-likeness (QED) is 0.183. The van der Waals surface area contributed by atoms with Crippen LogP contribution in [0.3, 0.4) is 0 Å². The maximum atomic E-state index is 12.0. The van der Waals surface area contributed by atoms with Crippen LogP contribution in [-0.2, 0) is 9.53 Å². The summed E-state index contributed by atoms with van der Waals surface area (Å²) in [6.07, 6.45) is 16.0. The summed E-state index contributed by atoms with van der Waals surface area (Å²) in [4.78, 5) is 12.0. The van der Waals surface area contributed by atoms with E-state index in [4.69, 9.17) is 4.74 Å². The van der Waals surface area contributed by atoms with Gasteiger partial charge >= 0.3 is 0 Å². The van der Waals surface area contributed by atoms with Gasteiger partial charge in [0.1, 0.15) is 0 Å². The van der Waals surface area contributed by atoms with E-state index in [1.165, 1.54) is 57.1 Å². The van der Waals surface area contributed by atoms with E-state index in [2.05, 4.69) is 30.8 Å². The highest BCUT2D eigenvalue weighted by molar-refractivity contribution is 7.99. The number of fused-ring (bicyclic) bond motifs is 2. The Morgan fingerprint density at radius 2 is 1.89 bits per heavy atom. The Kier molecular flexibility index (Phi) is 9.85. The van der Waals surface area contributed by atoms with Gasteiger partial charge in [0.05, 0.1) is 12.2 Å². The van der Waals surface area contributed by atoms with Gasteiger partial charge in [0, 0.05) is 12.5 Å². The van der Waals surface area contributed by atoms with Gasteiger partial charge < -0.3 is 4.74 Å². The van der Waals surface area contributed by atoms with Crippen LogP contribution in [0.4, 0.5) is 0 Å². The molecule has 2 aliphatic heterocycles. The molecule has 0 saturated carbocycles. The number of hydrogen-bond donors (Lipinski definition) is 1. The van der Waals surface area contributed by atoms with Crippen LogP contribution in [-0.4, -0.2) is 46.9 Å². The molecule has 4 atom stereocenters. The first kappa shape index (κ1) is 23.8. The van der Waals surface area contributed by atoms with E-state index in [0.29, 0.717) is 29.1 Å². The Morgan fingerprint density at radius 1 is 1.18 bits per heavy atom. The zero-order chi connectivity index (χ0) is 20.6. The third-order valence-corrected chi connectivity index (χ3v) is 7.62. The van der Waals surface area contributed by atoms with Gasteiger partial charge in [0.25, 0.3) is 5.91 Å². The Hall–Kier alpha value is -0.520. The van der Waals surface area contributed by atoms with Crippen molar-refractivity contribution >= 4 is 17.7 Å². The molecule has 4 nitrogen and oxygen atoms in total. The van der Waals surface area contributed by atoms with E-state index < -0.39 is 5.41 Å². The monoisotopic (exact) mass is 411 g/mol. The molecule has 0 unspecified atom stereocenters. The van der Waals surface area contributed by atoms with Crippen molar-refractivity contribution in [1.82, 2.24) is 5.06 Å². The average molecular weight is 412 g/mol. The molecule has 2 rings (SSSR count). The van der Waals surface area contributed by atoms with E-state index in [0.717, 1.165) is 19.3 Å². The largest absolute Gasteiger partial charge is 0.374 e. The molecule has 1 N–H and O–H groups in total. The molecule has 5 heteroatoms. The number of thioether (sulfide) groups is 1. The van der Waals surface area contributed by atoms with Gasteiger partial charge in [-0.1, -0.05) is 52.2 Å². The van der Waals surface area contributed by atoms with Crippen LogP contribution in [0.25, 0.3) is 0 Å². The molecule has 0 aromatic heterocycles. The molecule has 0 spiro atoms. The van der Waals surface area contributed by atoms with Crippen molar-refractivity contribution in [1.29, 1.82) is 0 Å². The van der Waals surface area contributed by atoms with Crippen LogP contribution in [0.5, 0.6) is 0 Å². The molecule has 2 fully saturated rings. The number of hydroxylamine groups is 2. The van der Waals surface area contributed by atoms with Crippen molar-refractivity contribution in [2.24, 2.45) is 17.3 Å². The molecule has 2 bridgehead atoms. The topological polar surface area (TPSA) is 49.8 Å². The fourth-order valence-electron chi connectivity index (χ4n) is 4.64. The third-order valence-electron chi connectivity index (χ3n) is 6.43. The molecule has 1 amide bonds. The predicted molar refractivity (Wildman–Crippen MR) is 118 cm³/mol. The second kappa shape index (κ2) is 11.6. The lowest BCUT2D eigenvalue weighted by Gasteiger charge is -2.27. The van der Waals surface area contributed by atoms with Crippen LogP contribution in [0.1, 0.15) is 78.6 Å². The second-order valence-corrected chi connectivity index (χ2v) is 10.4. The summed E-state index contributed by atoms with van der Waals surface area (Å²) in [5.74, 6) is 3.69. The van der Waals surface area contributed by atoms with E-state index >= 15 is 0 Å². The number of nitrogens with zero attached hydrogens (tertiary/aromatic N) is 1. The van der Waals surface area contributed by atoms with Gasteiger partial charge in [0.15, 0.2) is 0 Å². The van der Waals surface area contributed by atoms with Crippen LogP contribution in [0.15, 0.2) is 12.2 Å². The first-order chi connectivity index (χ1) is 13.4. The van der Waals surface area contributed by atoms with Crippen molar-refractivity contribution in [2.75, 3.05) is 18.6 Å². The summed E-state index contributed by atoms with van der Waals surface area (Å²) in [6, 6.07) is 0. The summed E-state index contributed by atoms with van der Waals surface area (Å²) in [5, 5.41) is 10.1. The maximum absolute atomic E-state index is 12.0. The molecular formula is C23H41NO3S. The number of carbonyl (C=O) groups is 1. The summed E-state index contributed by atoms with van der Waals surface area (Å²) in [6.45, 7) is 6.06. The number of hydrogen-bond acceptors (Lipinski definition) is 4. The van der Waals surface area contributed by atoms with Gasteiger partial charge in [-0.2, -0.15) is 11.8 Å². The van der Waals surface area contributed by atoms with E-state index in [9.17, 15) is 10.0 Å². The fraction of sp³-hybridized carbons (Fsp3) is 0.870. The molecule has 2 aliphatic rings. The Balaban J connectivity index is 1.72. The lowest BCUT2D eigenvalue weighted by Crippen LogP contribution is -2.36. The summed E-state index contributed by atoms with van der Waals surface area (Å²) in [5.41, 5.74) is -0.527. The first-order valence-corrected chi connectivity index (χ1v) is 12.4. The van der Waals surface area contributed by atoms with Crippen molar-refractivity contribution in [3.05, 3.63) is 12.2 Å². The van der Waals surface area contributed by atoms with E-state index in [-0.39, 0.29) is 5.91 Å². The minimum atomic E-state index is -0.527. The number of allylic oxidation sites excluding steroid dienone is 2. The van der Waals surface area contributed by atoms with Crippen molar-refractivity contribution in [2.45, 2.75) is 90.8 Å². The Labute approximate surface area is 176 Å². The molecule has 0 aromatic rings. The highest BCUT2D eigenvalue weighted by atomic mass is 32.2.